The molecule has 2 nitrogen and oxygen atoms in total. The molecular weight excluding hydrogens is 432 g/mol. The highest BCUT2D eigenvalue weighted by Crippen LogP contribution is 2.36. The van der Waals surface area contributed by atoms with Crippen molar-refractivity contribution < 1.29 is 4.58 Å². The van der Waals surface area contributed by atoms with Crippen LogP contribution in [0.4, 0.5) is 0 Å². The molecule has 0 radical (unpaired) electrons. The Morgan fingerprint density at radius 2 is 1.91 bits per heavy atom. The van der Waals surface area contributed by atoms with Crippen molar-refractivity contribution in [2.45, 2.75) is 46.5 Å². The van der Waals surface area contributed by atoms with Crippen LogP contribution >= 0.6 is 11.3 Å². The van der Waals surface area contributed by atoms with Crippen LogP contribution in [-0.2, 0) is 11.8 Å². The molecule has 0 fully saturated rings. The molecule has 0 aliphatic carbocycles. The molecule has 0 N–H and O–H groups in total. The first-order chi connectivity index (χ1) is 16.2. The van der Waals surface area contributed by atoms with Gasteiger partial charge in [-0.2, -0.15) is 0 Å². The van der Waals surface area contributed by atoms with E-state index in [2.05, 4.69) is 108 Å². The lowest BCUT2D eigenvalue weighted by molar-refractivity contribution is -0.417. The van der Waals surface area contributed by atoms with Crippen LogP contribution < -0.4 is 0 Å². The van der Waals surface area contributed by atoms with Crippen molar-refractivity contribution in [2.24, 2.45) is 5.92 Å². The zero-order chi connectivity index (χ0) is 24.0. The second-order valence-corrected chi connectivity index (χ2v) is 11.9. The van der Waals surface area contributed by atoms with Gasteiger partial charge >= 0.3 is 0 Å². The summed E-state index contributed by atoms with van der Waals surface area (Å²) in [6.07, 6.45) is 9.54. The summed E-state index contributed by atoms with van der Waals surface area (Å²) in [5.41, 5.74) is 5.98. The third-order valence-corrected chi connectivity index (χ3v) is 7.46. The number of fused-ring (bicyclic) bond motifs is 2. The van der Waals surface area contributed by atoms with E-state index in [1.165, 1.54) is 31.5 Å². The van der Waals surface area contributed by atoms with E-state index in [0.29, 0.717) is 5.92 Å². The molecule has 1 aliphatic rings. The number of pyridine rings is 1. The Morgan fingerprint density at radius 3 is 2.68 bits per heavy atom. The molecule has 0 unspecified atom stereocenters. The van der Waals surface area contributed by atoms with E-state index in [1.54, 1.807) is 0 Å². The van der Waals surface area contributed by atoms with Gasteiger partial charge in [0.25, 0.3) is 0 Å². The van der Waals surface area contributed by atoms with Crippen molar-refractivity contribution >= 4 is 44.6 Å². The molecule has 0 bridgehead atoms. The van der Waals surface area contributed by atoms with E-state index < -0.39 is 0 Å². The fourth-order valence-electron chi connectivity index (χ4n) is 4.67. The number of hydrogen-bond donors (Lipinski definition) is 0. The maximum atomic E-state index is 4.79. The van der Waals surface area contributed by atoms with Gasteiger partial charge < -0.3 is 4.98 Å². The highest BCUT2D eigenvalue weighted by atomic mass is 32.1. The van der Waals surface area contributed by atoms with Crippen LogP contribution in [0.3, 0.4) is 0 Å². The van der Waals surface area contributed by atoms with E-state index in [9.17, 15) is 0 Å². The predicted octanol–water partition coefficient (Wildman–Crippen LogP) is 8.15. The minimum Gasteiger partial charge on any atom is -0.327 e. The molecule has 0 amide bonds. The maximum Gasteiger partial charge on any atom is 0.147 e. The van der Waals surface area contributed by atoms with Gasteiger partial charge in [0.05, 0.1) is 18.1 Å². The first-order valence-corrected chi connectivity index (χ1v) is 12.8. The van der Waals surface area contributed by atoms with Crippen molar-refractivity contribution in [3.63, 3.8) is 0 Å². The Labute approximate surface area is 207 Å². The van der Waals surface area contributed by atoms with Gasteiger partial charge in [-0.05, 0) is 57.3 Å². The summed E-state index contributed by atoms with van der Waals surface area (Å²) in [4.78, 5) is 6.19. The van der Waals surface area contributed by atoms with Gasteiger partial charge in [0.15, 0.2) is 0 Å². The third-order valence-electron chi connectivity index (χ3n) is 6.36. The van der Waals surface area contributed by atoms with Crippen LogP contribution in [0.2, 0.25) is 0 Å². The minimum atomic E-state index is 0.0427. The molecule has 5 rings (SSSR count). The van der Waals surface area contributed by atoms with Gasteiger partial charge in [-0.1, -0.05) is 94.3 Å². The second-order valence-electron chi connectivity index (χ2n) is 10.7. The molecule has 2 aromatic carbocycles. The highest BCUT2D eigenvalue weighted by molar-refractivity contribution is 7.19. The van der Waals surface area contributed by atoms with Crippen LogP contribution in [-0.4, -0.2) is 16.3 Å². The fraction of sp³-hybridized carbons (Fsp3) is 0.258. The Bertz CT molecular complexity index is 1460. The molecule has 172 valence electrons. The maximum absolute atomic E-state index is 4.79. The van der Waals surface area contributed by atoms with Crippen LogP contribution in [0.15, 0.2) is 73.1 Å². The summed E-state index contributed by atoms with van der Waals surface area (Å²) >= 11 is 1.86. The van der Waals surface area contributed by atoms with Crippen LogP contribution in [0.5, 0.6) is 0 Å². The van der Waals surface area contributed by atoms with Crippen molar-refractivity contribution in [2.75, 3.05) is 0 Å². The SMILES string of the molecule is C=[N+]1C=CC(c2cnc3c[c-](CC(C)C)[s+]c3c2)=C[C-]1c1cc(C(C)(C)C)c2ccccc2c1. The minimum absolute atomic E-state index is 0.0427. The highest BCUT2D eigenvalue weighted by Gasteiger charge is 2.22. The molecule has 0 atom stereocenters. The summed E-state index contributed by atoms with van der Waals surface area (Å²) in [7, 11) is 0. The number of benzene rings is 2. The summed E-state index contributed by atoms with van der Waals surface area (Å²) in [5, 5.41) is 2.57. The van der Waals surface area contributed by atoms with Gasteiger partial charge in [-0.3, -0.25) is 4.58 Å². The topological polar surface area (TPSA) is 15.9 Å². The molecule has 2 aromatic heterocycles. The Kier molecular flexibility index (Phi) is 5.69. The zero-order valence-corrected chi connectivity index (χ0v) is 21.5. The number of thiophene rings is 1. The van der Waals surface area contributed by atoms with Crippen LogP contribution in [0.1, 0.15) is 56.2 Å². The molecule has 34 heavy (non-hydrogen) atoms. The van der Waals surface area contributed by atoms with Gasteiger partial charge in [0, 0.05) is 6.20 Å². The molecule has 0 spiro atoms. The van der Waals surface area contributed by atoms with Crippen LogP contribution in [0, 0.1) is 12.0 Å². The number of nitrogens with zero attached hydrogens (tertiary/aromatic N) is 2. The number of aromatic nitrogens is 1. The lowest BCUT2D eigenvalue weighted by Crippen LogP contribution is -2.17. The van der Waals surface area contributed by atoms with E-state index in [4.69, 9.17) is 4.98 Å². The molecule has 4 aromatic rings. The Balaban J connectivity index is 1.57. The smallest absolute Gasteiger partial charge is 0.147 e. The van der Waals surface area contributed by atoms with Gasteiger partial charge in [0.1, 0.15) is 21.8 Å². The molecule has 3 heterocycles. The molecule has 0 saturated heterocycles. The largest absolute Gasteiger partial charge is 0.327 e. The first-order valence-electron chi connectivity index (χ1n) is 12.0. The van der Waals surface area contributed by atoms with Gasteiger partial charge in [-0.15, -0.1) is 0 Å². The summed E-state index contributed by atoms with van der Waals surface area (Å²) < 4.78 is 3.22. The van der Waals surface area contributed by atoms with E-state index in [-0.39, 0.29) is 5.41 Å². The first kappa shape index (κ1) is 22.6. The monoisotopic (exact) mass is 464 g/mol. The Morgan fingerprint density at radius 1 is 1.12 bits per heavy atom. The Hall–Kier alpha value is -3.17. The van der Waals surface area contributed by atoms with Gasteiger partial charge in [0.2, 0.25) is 0 Å². The number of rotatable bonds is 4. The molecule has 1 aliphatic heterocycles. The molecule has 3 heteroatoms. The lowest BCUT2D eigenvalue weighted by Gasteiger charge is -2.27. The van der Waals surface area contributed by atoms with Crippen molar-refractivity contribution in [3.05, 3.63) is 101 Å². The number of hydrogen-bond acceptors (Lipinski definition) is 1. The summed E-state index contributed by atoms with van der Waals surface area (Å²) in [5.74, 6) is 0.650. The summed E-state index contributed by atoms with van der Waals surface area (Å²) in [6.45, 7) is 15.7. The standard InChI is InChI=1S/C31H32N2S/c1-20(2)13-25-18-28-30(34-25)17-24(19-32-28)21-11-12-33(6)29(16-21)23-14-22-9-7-8-10-26(22)27(15-23)31(3,4)5/h7-12,14-20H,6,13H2,1-5H3. The zero-order valence-electron chi connectivity index (χ0n) is 20.7. The third kappa shape index (κ3) is 4.33. The van der Waals surface area contributed by atoms with Crippen molar-refractivity contribution in [1.29, 1.82) is 0 Å². The van der Waals surface area contributed by atoms with E-state index >= 15 is 0 Å². The average Bonchev–Trinajstić information content (AvgIpc) is 3.18. The normalized spacial score (nSPS) is 14.5. The van der Waals surface area contributed by atoms with Crippen molar-refractivity contribution in [1.82, 2.24) is 4.98 Å². The second kappa shape index (κ2) is 8.56. The van der Waals surface area contributed by atoms with E-state index in [0.717, 1.165) is 29.1 Å². The fourth-order valence-corrected chi connectivity index (χ4v) is 5.94. The van der Waals surface area contributed by atoms with Crippen molar-refractivity contribution in [3.8, 4) is 0 Å². The lowest BCUT2D eigenvalue weighted by atomic mass is 9.81. The average molecular weight is 465 g/mol. The van der Waals surface area contributed by atoms with Crippen LogP contribution in [0.25, 0.3) is 26.6 Å². The van der Waals surface area contributed by atoms with Gasteiger partial charge in [-0.25, -0.2) is 0 Å². The quantitative estimate of drug-likeness (QED) is 0.169. The number of allylic oxidation sites excluding steroid dienone is 2. The molecular formula is C31H32N2S. The molecule has 0 saturated carbocycles. The predicted molar refractivity (Wildman–Crippen MR) is 148 cm³/mol. The summed E-state index contributed by atoms with van der Waals surface area (Å²) in [6, 6.07) is 18.9. The van der Waals surface area contributed by atoms with E-state index in [1.807, 2.05) is 22.1 Å².